The van der Waals surface area contributed by atoms with Crippen molar-refractivity contribution in [3.05, 3.63) is 42.7 Å². The molecule has 2 aromatic rings. The summed E-state index contributed by atoms with van der Waals surface area (Å²) in [5, 5.41) is 2.75. The highest BCUT2D eigenvalue weighted by Crippen LogP contribution is 2.19. The summed E-state index contributed by atoms with van der Waals surface area (Å²) in [7, 11) is 0. The summed E-state index contributed by atoms with van der Waals surface area (Å²) in [6, 6.07) is 11.1. The molecular formula is C17H20N4O2. The van der Waals surface area contributed by atoms with E-state index in [1.165, 1.54) is 25.6 Å². The van der Waals surface area contributed by atoms with Crippen LogP contribution in [-0.2, 0) is 4.79 Å². The highest BCUT2D eigenvalue weighted by atomic mass is 16.5. The van der Waals surface area contributed by atoms with Crippen LogP contribution in [0.15, 0.2) is 42.7 Å². The van der Waals surface area contributed by atoms with Gasteiger partial charge in [0.1, 0.15) is 23.7 Å². The summed E-state index contributed by atoms with van der Waals surface area (Å²) in [5.41, 5.74) is 0. The number of amides is 1. The Morgan fingerprint density at radius 2 is 1.91 bits per heavy atom. The van der Waals surface area contributed by atoms with Crippen molar-refractivity contribution in [2.45, 2.75) is 19.3 Å². The smallest absolute Gasteiger partial charge is 0.263 e. The van der Waals surface area contributed by atoms with Crippen LogP contribution in [0, 0.1) is 0 Å². The molecule has 1 aromatic carbocycles. The molecule has 0 radical (unpaired) electrons. The first kappa shape index (κ1) is 15.3. The number of rotatable bonds is 5. The molecule has 6 nitrogen and oxygen atoms in total. The molecular weight excluding hydrogens is 292 g/mol. The Morgan fingerprint density at radius 3 is 2.70 bits per heavy atom. The van der Waals surface area contributed by atoms with E-state index in [4.69, 9.17) is 4.74 Å². The zero-order valence-corrected chi connectivity index (χ0v) is 12.9. The van der Waals surface area contributed by atoms with Gasteiger partial charge in [-0.2, -0.15) is 0 Å². The fourth-order valence-corrected chi connectivity index (χ4v) is 2.56. The summed E-state index contributed by atoms with van der Waals surface area (Å²) in [6.45, 7) is 1.95. The number of hydrogen-bond acceptors (Lipinski definition) is 5. The van der Waals surface area contributed by atoms with E-state index in [0.29, 0.717) is 11.6 Å². The van der Waals surface area contributed by atoms with E-state index < -0.39 is 0 Å². The van der Waals surface area contributed by atoms with E-state index >= 15 is 0 Å². The fourth-order valence-electron chi connectivity index (χ4n) is 2.56. The number of benzene rings is 1. The molecule has 2 heterocycles. The largest absolute Gasteiger partial charge is 0.484 e. The maximum atomic E-state index is 12.0. The average molecular weight is 312 g/mol. The van der Waals surface area contributed by atoms with Crippen LogP contribution < -0.4 is 15.0 Å². The highest BCUT2D eigenvalue weighted by molar-refractivity contribution is 5.91. The molecule has 1 saturated heterocycles. The third-order valence-electron chi connectivity index (χ3n) is 3.71. The Hall–Kier alpha value is -2.63. The summed E-state index contributed by atoms with van der Waals surface area (Å²) in [4.78, 5) is 22.6. The first-order valence-electron chi connectivity index (χ1n) is 7.86. The third-order valence-corrected chi connectivity index (χ3v) is 3.71. The van der Waals surface area contributed by atoms with Gasteiger partial charge >= 0.3 is 0 Å². The fraction of sp³-hybridized carbons (Fsp3) is 0.353. The summed E-state index contributed by atoms with van der Waals surface area (Å²) in [6.07, 6.45) is 5.10. The van der Waals surface area contributed by atoms with E-state index in [9.17, 15) is 4.79 Å². The van der Waals surface area contributed by atoms with Crippen LogP contribution in [0.4, 0.5) is 11.6 Å². The number of nitrogens with zero attached hydrogens (tertiary/aromatic N) is 3. The molecule has 120 valence electrons. The molecule has 1 N–H and O–H groups in total. The molecule has 0 bridgehead atoms. The zero-order chi connectivity index (χ0) is 15.9. The topological polar surface area (TPSA) is 67.3 Å². The van der Waals surface area contributed by atoms with E-state index in [1.807, 2.05) is 36.4 Å². The van der Waals surface area contributed by atoms with Crippen molar-refractivity contribution in [2.24, 2.45) is 0 Å². The van der Waals surface area contributed by atoms with Crippen molar-refractivity contribution in [2.75, 3.05) is 29.9 Å². The molecule has 0 unspecified atom stereocenters. The molecule has 1 aliphatic heterocycles. The Labute approximate surface area is 135 Å². The lowest BCUT2D eigenvalue weighted by Gasteiger charge is -2.27. The van der Waals surface area contributed by atoms with Crippen LogP contribution in [0.2, 0.25) is 0 Å². The summed E-state index contributed by atoms with van der Waals surface area (Å²) >= 11 is 0. The number of hydrogen-bond donors (Lipinski definition) is 1. The number of carbonyl (C=O) groups excluding carboxylic acids is 1. The van der Waals surface area contributed by atoms with Gasteiger partial charge in [-0.15, -0.1) is 0 Å². The number of aromatic nitrogens is 2. The lowest BCUT2D eigenvalue weighted by atomic mass is 10.1. The quantitative estimate of drug-likeness (QED) is 0.918. The monoisotopic (exact) mass is 312 g/mol. The normalized spacial score (nSPS) is 14.3. The number of para-hydroxylation sites is 1. The van der Waals surface area contributed by atoms with Gasteiger partial charge in [0.2, 0.25) is 0 Å². The Morgan fingerprint density at radius 1 is 1.13 bits per heavy atom. The molecule has 23 heavy (non-hydrogen) atoms. The van der Waals surface area contributed by atoms with Gasteiger partial charge in [-0.05, 0) is 31.4 Å². The van der Waals surface area contributed by atoms with Gasteiger partial charge < -0.3 is 15.0 Å². The summed E-state index contributed by atoms with van der Waals surface area (Å²) < 4.78 is 5.42. The number of ether oxygens (including phenoxy) is 1. The number of anilines is 2. The lowest BCUT2D eigenvalue weighted by molar-refractivity contribution is -0.118. The van der Waals surface area contributed by atoms with E-state index in [1.54, 1.807) is 0 Å². The van der Waals surface area contributed by atoms with Crippen molar-refractivity contribution in [3.8, 4) is 5.75 Å². The van der Waals surface area contributed by atoms with Crippen LogP contribution in [-0.4, -0.2) is 35.6 Å². The molecule has 1 fully saturated rings. The summed E-state index contributed by atoms with van der Waals surface area (Å²) in [5.74, 6) is 1.79. The zero-order valence-electron chi connectivity index (χ0n) is 12.9. The first-order valence-corrected chi connectivity index (χ1v) is 7.86. The van der Waals surface area contributed by atoms with Crippen LogP contribution in [0.3, 0.4) is 0 Å². The number of piperidine rings is 1. The van der Waals surface area contributed by atoms with Gasteiger partial charge in [0.15, 0.2) is 6.61 Å². The predicted octanol–water partition coefficient (Wildman–Crippen LogP) is 2.48. The standard InChI is InChI=1S/C17H20N4O2/c22-17(12-23-14-7-3-1-4-8-14)20-15-11-16(19-13-18-15)21-9-5-2-6-10-21/h1,3-4,7-8,11,13H,2,5-6,9-10,12H2,(H,18,19,20,22). The van der Waals surface area contributed by atoms with E-state index in [-0.39, 0.29) is 12.5 Å². The molecule has 0 aliphatic carbocycles. The van der Waals surface area contributed by atoms with Crippen molar-refractivity contribution in [3.63, 3.8) is 0 Å². The second-order valence-electron chi connectivity index (χ2n) is 5.46. The molecule has 1 aliphatic rings. The van der Waals surface area contributed by atoms with Crippen molar-refractivity contribution >= 4 is 17.5 Å². The molecule has 1 aromatic heterocycles. The Balaban J connectivity index is 1.55. The third kappa shape index (κ3) is 4.42. The van der Waals surface area contributed by atoms with E-state index in [2.05, 4.69) is 20.2 Å². The molecule has 0 saturated carbocycles. The second kappa shape index (κ2) is 7.58. The van der Waals surface area contributed by atoms with Crippen molar-refractivity contribution in [1.29, 1.82) is 0 Å². The SMILES string of the molecule is O=C(COc1ccccc1)Nc1cc(N2CCCCC2)ncn1. The van der Waals surface area contributed by atoms with Crippen LogP contribution in [0.5, 0.6) is 5.75 Å². The maximum Gasteiger partial charge on any atom is 0.263 e. The molecule has 0 atom stereocenters. The second-order valence-corrected chi connectivity index (χ2v) is 5.46. The number of nitrogens with one attached hydrogen (secondary N) is 1. The van der Waals surface area contributed by atoms with Crippen molar-refractivity contribution < 1.29 is 9.53 Å². The molecule has 1 amide bonds. The number of carbonyl (C=O) groups is 1. The van der Waals surface area contributed by atoms with Gasteiger partial charge in [-0.1, -0.05) is 18.2 Å². The Kier molecular flexibility index (Phi) is 5.03. The van der Waals surface area contributed by atoms with Crippen LogP contribution in [0.25, 0.3) is 0 Å². The molecule has 3 rings (SSSR count). The van der Waals surface area contributed by atoms with Gasteiger partial charge in [0.25, 0.3) is 5.91 Å². The van der Waals surface area contributed by atoms with Gasteiger partial charge in [-0.25, -0.2) is 9.97 Å². The van der Waals surface area contributed by atoms with Gasteiger partial charge in [0, 0.05) is 19.2 Å². The highest BCUT2D eigenvalue weighted by Gasteiger charge is 2.13. The van der Waals surface area contributed by atoms with Gasteiger partial charge in [-0.3, -0.25) is 4.79 Å². The van der Waals surface area contributed by atoms with E-state index in [0.717, 1.165) is 18.9 Å². The average Bonchev–Trinajstić information content (AvgIpc) is 2.62. The first-order chi connectivity index (χ1) is 11.3. The Bertz CT molecular complexity index is 642. The minimum Gasteiger partial charge on any atom is -0.484 e. The maximum absolute atomic E-state index is 12.0. The van der Waals surface area contributed by atoms with Crippen LogP contribution in [0.1, 0.15) is 19.3 Å². The minimum absolute atomic E-state index is 0.0485. The van der Waals surface area contributed by atoms with Crippen LogP contribution >= 0.6 is 0 Å². The molecule has 6 heteroatoms. The van der Waals surface area contributed by atoms with Crippen molar-refractivity contribution in [1.82, 2.24) is 9.97 Å². The predicted molar refractivity (Wildman–Crippen MR) is 88.7 cm³/mol. The lowest BCUT2D eigenvalue weighted by Crippen LogP contribution is -2.30. The molecule has 0 spiro atoms. The van der Waals surface area contributed by atoms with Gasteiger partial charge in [0.05, 0.1) is 0 Å². The minimum atomic E-state index is -0.239.